The van der Waals surface area contributed by atoms with Crippen LogP contribution in [0.15, 0.2) is 15.9 Å². The Morgan fingerprint density at radius 2 is 1.44 bits per heavy atom. The van der Waals surface area contributed by atoms with Crippen LogP contribution in [0.25, 0.3) is 11.2 Å². The Morgan fingerprint density at radius 3 is 2.15 bits per heavy atom. The molecule has 0 saturated carbocycles. The van der Waals surface area contributed by atoms with E-state index >= 15 is 0 Å². The van der Waals surface area contributed by atoms with Gasteiger partial charge in [0.25, 0.3) is 5.56 Å². The minimum absolute atomic E-state index is 0.251. The van der Waals surface area contributed by atoms with E-state index in [0.29, 0.717) is 23.5 Å². The fraction of sp³-hybridized carbons (Fsp3) is 0.769. The predicted octanol–water partition coefficient (Wildman–Crippen LogP) is 3.78. The Hall–Kier alpha value is -2.22. The van der Waals surface area contributed by atoms with Crippen LogP contribution in [-0.2, 0) is 25.4 Å². The summed E-state index contributed by atoms with van der Waals surface area (Å²) in [5.74, 6) is 0.433. The summed E-state index contributed by atoms with van der Waals surface area (Å²) in [4.78, 5) is 44.0. The first-order chi connectivity index (χ1) is 16.5. The Balaban J connectivity index is 1.21. The largest absolute Gasteiger partial charge is 0.332 e. The van der Waals surface area contributed by atoms with E-state index in [1.54, 1.807) is 25.0 Å². The Kier molecular flexibility index (Phi) is 10.6. The minimum atomic E-state index is -0.294. The van der Waals surface area contributed by atoms with Crippen molar-refractivity contribution < 1.29 is 4.79 Å². The maximum absolute atomic E-state index is 12.7. The van der Waals surface area contributed by atoms with Crippen molar-refractivity contribution in [3.05, 3.63) is 27.2 Å². The standard InChI is InChI=1S/C26H43N5O3/c1-28-21-27-24-23(28)25(33)31(26(34)29(24)2)20-13-8-6-4-3-5-7-10-15-22(32)16-14-19-30-17-11-9-12-18-30/h21H,3-20H2,1-2H3. The third kappa shape index (κ3) is 7.39. The van der Waals surface area contributed by atoms with Crippen molar-refractivity contribution in [3.63, 3.8) is 0 Å². The zero-order valence-electron chi connectivity index (χ0n) is 21.3. The molecule has 1 aliphatic rings. The molecule has 1 aliphatic heterocycles. The SMILES string of the molecule is Cn1cnc2c1c(=O)n(CCCCCCCCCCC(=O)CCCN1CCCCC1)c(=O)n2C. The van der Waals surface area contributed by atoms with E-state index in [1.165, 1.54) is 54.3 Å². The zero-order chi connectivity index (χ0) is 24.3. The fourth-order valence-corrected chi connectivity index (χ4v) is 5.05. The molecule has 1 fully saturated rings. The molecule has 3 heterocycles. The number of piperidine rings is 1. The molecule has 0 radical (unpaired) electrons. The van der Waals surface area contributed by atoms with Gasteiger partial charge in [0.1, 0.15) is 5.78 Å². The number of fused-ring (bicyclic) bond motifs is 1. The number of aromatic nitrogens is 4. The van der Waals surface area contributed by atoms with Crippen LogP contribution in [0.1, 0.15) is 89.9 Å². The lowest BCUT2D eigenvalue weighted by atomic mass is 10.0. The number of hydrogen-bond acceptors (Lipinski definition) is 5. The molecule has 34 heavy (non-hydrogen) atoms. The third-order valence-electron chi connectivity index (χ3n) is 7.17. The van der Waals surface area contributed by atoms with E-state index in [2.05, 4.69) is 9.88 Å². The maximum Gasteiger partial charge on any atom is 0.332 e. The van der Waals surface area contributed by atoms with E-state index in [9.17, 15) is 14.4 Å². The highest BCUT2D eigenvalue weighted by molar-refractivity contribution is 5.78. The number of ketones is 1. The van der Waals surface area contributed by atoms with Crippen LogP contribution in [0.3, 0.4) is 0 Å². The number of carbonyl (C=O) groups excluding carboxylic acids is 1. The van der Waals surface area contributed by atoms with Gasteiger partial charge in [0, 0.05) is 33.5 Å². The van der Waals surface area contributed by atoms with E-state index in [0.717, 1.165) is 64.3 Å². The van der Waals surface area contributed by atoms with Crippen molar-refractivity contribution in [2.45, 2.75) is 96.4 Å². The summed E-state index contributed by atoms with van der Waals surface area (Å²) in [5, 5.41) is 0. The molecule has 0 N–H and O–H groups in total. The maximum atomic E-state index is 12.7. The summed E-state index contributed by atoms with van der Waals surface area (Å²) in [6.07, 6.45) is 16.7. The monoisotopic (exact) mass is 473 g/mol. The summed E-state index contributed by atoms with van der Waals surface area (Å²) >= 11 is 0. The van der Waals surface area contributed by atoms with E-state index in [-0.39, 0.29) is 11.2 Å². The Bertz CT molecular complexity index is 1030. The van der Waals surface area contributed by atoms with Crippen LogP contribution in [-0.4, -0.2) is 49.0 Å². The fourth-order valence-electron chi connectivity index (χ4n) is 5.05. The van der Waals surface area contributed by atoms with Crippen molar-refractivity contribution in [2.24, 2.45) is 14.1 Å². The molecule has 0 atom stereocenters. The highest BCUT2D eigenvalue weighted by Gasteiger charge is 2.14. The first-order valence-corrected chi connectivity index (χ1v) is 13.3. The zero-order valence-corrected chi connectivity index (χ0v) is 21.3. The van der Waals surface area contributed by atoms with Crippen molar-refractivity contribution >= 4 is 16.9 Å². The van der Waals surface area contributed by atoms with Gasteiger partial charge in [-0.05, 0) is 51.7 Å². The first kappa shape index (κ1) is 26.4. The topological polar surface area (TPSA) is 82.1 Å². The second kappa shape index (κ2) is 13.6. The van der Waals surface area contributed by atoms with E-state index < -0.39 is 0 Å². The smallest absolute Gasteiger partial charge is 0.328 e. The first-order valence-electron chi connectivity index (χ1n) is 13.3. The quantitative estimate of drug-likeness (QED) is 0.368. The summed E-state index contributed by atoms with van der Waals surface area (Å²) in [6, 6.07) is 0. The van der Waals surface area contributed by atoms with Gasteiger partial charge in [0.15, 0.2) is 11.2 Å². The number of nitrogens with zero attached hydrogens (tertiary/aromatic N) is 5. The number of carbonyl (C=O) groups is 1. The molecule has 0 spiro atoms. The molecular weight excluding hydrogens is 430 g/mol. The second-order valence-electron chi connectivity index (χ2n) is 9.95. The van der Waals surface area contributed by atoms with E-state index in [1.807, 2.05) is 0 Å². The van der Waals surface area contributed by atoms with Crippen LogP contribution in [0.4, 0.5) is 0 Å². The molecule has 1 saturated heterocycles. The predicted molar refractivity (Wildman–Crippen MR) is 136 cm³/mol. The van der Waals surface area contributed by atoms with Crippen LogP contribution in [0.2, 0.25) is 0 Å². The Labute approximate surface area is 203 Å². The molecule has 0 aliphatic carbocycles. The molecule has 0 amide bonds. The normalized spacial score (nSPS) is 14.8. The van der Waals surface area contributed by atoms with Gasteiger partial charge in [-0.1, -0.05) is 44.9 Å². The van der Waals surface area contributed by atoms with Crippen LogP contribution >= 0.6 is 0 Å². The van der Waals surface area contributed by atoms with Crippen LogP contribution in [0, 0.1) is 0 Å². The molecule has 190 valence electrons. The van der Waals surface area contributed by atoms with Crippen molar-refractivity contribution in [3.8, 4) is 0 Å². The second-order valence-corrected chi connectivity index (χ2v) is 9.95. The van der Waals surface area contributed by atoms with Crippen LogP contribution in [0.5, 0.6) is 0 Å². The van der Waals surface area contributed by atoms with Gasteiger partial charge in [0.2, 0.25) is 0 Å². The average Bonchev–Trinajstić information content (AvgIpc) is 3.23. The molecular formula is C26H43N5O3. The summed E-state index contributed by atoms with van der Waals surface area (Å²) in [5.41, 5.74) is 0.367. The number of hydrogen-bond donors (Lipinski definition) is 0. The third-order valence-corrected chi connectivity index (χ3v) is 7.17. The molecule has 0 bridgehead atoms. The summed E-state index contributed by atoms with van der Waals surface area (Å²) in [6.45, 7) is 3.97. The van der Waals surface area contributed by atoms with Crippen molar-refractivity contribution in [1.82, 2.24) is 23.6 Å². The molecule has 2 aromatic heterocycles. The van der Waals surface area contributed by atoms with Gasteiger partial charge in [-0.15, -0.1) is 0 Å². The van der Waals surface area contributed by atoms with Gasteiger partial charge in [-0.3, -0.25) is 18.7 Å². The minimum Gasteiger partial charge on any atom is -0.328 e. The lowest BCUT2D eigenvalue weighted by Gasteiger charge is -2.26. The molecule has 8 heteroatoms. The molecule has 8 nitrogen and oxygen atoms in total. The van der Waals surface area contributed by atoms with Gasteiger partial charge in [-0.25, -0.2) is 9.78 Å². The molecule has 2 aromatic rings. The highest BCUT2D eigenvalue weighted by atomic mass is 16.2. The van der Waals surface area contributed by atoms with Gasteiger partial charge >= 0.3 is 5.69 Å². The summed E-state index contributed by atoms with van der Waals surface area (Å²) < 4.78 is 4.47. The highest BCUT2D eigenvalue weighted by Crippen LogP contribution is 2.13. The van der Waals surface area contributed by atoms with Crippen LogP contribution < -0.4 is 11.2 Å². The number of rotatable bonds is 15. The average molecular weight is 474 g/mol. The number of Topliss-reactive ketones (excluding diaryl/α,β-unsaturated/α-hetero) is 1. The lowest BCUT2D eigenvalue weighted by molar-refractivity contribution is -0.119. The van der Waals surface area contributed by atoms with E-state index in [4.69, 9.17) is 0 Å². The number of aryl methyl sites for hydroxylation is 2. The lowest BCUT2D eigenvalue weighted by Crippen LogP contribution is -2.39. The number of likely N-dealkylation sites (tertiary alicyclic amines) is 1. The van der Waals surface area contributed by atoms with Gasteiger partial charge < -0.3 is 9.47 Å². The van der Waals surface area contributed by atoms with Gasteiger partial charge in [-0.2, -0.15) is 0 Å². The van der Waals surface area contributed by atoms with Crippen molar-refractivity contribution in [2.75, 3.05) is 19.6 Å². The Morgan fingerprint density at radius 1 is 0.824 bits per heavy atom. The molecule has 0 aromatic carbocycles. The number of unbranched alkanes of at least 4 members (excludes halogenated alkanes) is 7. The molecule has 0 unspecified atom stereocenters. The number of imidazole rings is 1. The summed E-state index contributed by atoms with van der Waals surface area (Å²) in [7, 11) is 3.44. The van der Waals surface area contributed by atoms with Crippen molar-refractivity contribution in [1.29, 1.82) is 0 Å². The molecule has 3 rings (SSSR count). The van der Waals surface area contributed by atoms with Gasteiger partial charge in [0.05, 0.1) is 6.33 Å².